The van der Waals surface area contributed by atoms with Crippen LogP contribution in [0.2, 0.25) is 25.2 Å². The Labute approximate surface area is 75.3 Å². The van der Waals surface area contributed by atoms with Gasteiger partial charge in [0.05, 0.1) is 8.07 Å². The predicted molar refractivity (Wildman–Crippen MR) is 52.8 cm³/mol. The molecule has 0 atom stereocenters. The minimum Gasteiger partial charge on any atom is -0.385 e. The van der Waals surface area contributed by atoms with E-state index in [1.165, 1.54) is 0 Å². The third-order valence-electron chi connectivity index (χ3n) is 2.03. The van der Waals surface area contributed by atoms with E-state index in [1.807, 2.05) is 0 Å². The number of amides is 1. The maximum Gasteiger partial charge on any atom is 0.217 e. The summed E-state index contributed by atoms with van der Waals surface area (Å²) >= 11 is 0. The third kappa shape index (κ3) is 6.36. The molecule has 1 amide bonds. The molecule has 0 unspecified atom stereocenters. The fraction of sp³-hybridized carbons (Fsp3) is 0.875. The van der Waals surface area contributed by atoms with Gasteiger partial charge in [0.15, 0.2) is 0 Å². The topological polar surface area (TPSA) is 52.3 Å². The molecule has 0 fully saturated rings. The standard InChI is InChI=1S/C8H19NO2Si/c1-11-5-7-12(2,3)6-4-8(9)10/h4-7H2,1-3H3,(H2,9,10). The van der Waals surface area contributed by atoms with Crippen LogP contribution in [-0.4, -0.2) is 27.7 Å². The summed E-state index contributed by atoms with van der Waals surface area (Å²) in [6.07, 6.45) is 0.531. The van der Waals surface area contributed by atoms with E-state index in [4.69, 9.17) is 10.5 Å². The first-order valence-electron chi connectivity index (χ1n) is 4.25. The summed E-state index contributed by atoms with van der Waals surface area (Å²) < 4.78 is 5.00. The van der Waals surface area contributed by atoms with Crippen molar-refractivity contribution in [3.63, 3.8) is 0 Å². The summed E-state index contributed by atoms with van der Waals surface area (Å²) in [4.78, 5) is 10.5. The predicted octanol–water partition coefficient (Wildman–Crippen LogP) is 1.22. The van der Waals surface area contributed by atoms with Gasteiger partial charge < -0.3 is 10.5 Å². The molecule has 0 aromatic rings. The molecule has 0 bridgehead atoms. The van der Waals surface area contributed by atoms with E-state index in [1.54, 1.807) is 7.11 Å². The van der Waals surface area contributed by atoms with E-state index in [0.717, 1.165) is 18.7 Å². The van der Waals surface area contributed by atoms with Gasteiger partial charge in [-0.15, -0.1) is 0 Å². The normalized spacial score (nSPS) is 11.6. The van der Waals surface area contributed by atoms with Gasteiger partial charge in [0.25, 0.3) is 0 Å². The first kappa shape index (κ1) is 11.6. The Balaban J connectivity index is 3.63. The average molecular weight is 189 g/mol. The zero-order chi connectivity index (χ0) is 9.61. The molecule has 12 heavy (non-hydrogen) atoms. The van der Waals surface area contributed by atoms with Crippen LogP contribution in [0.4, 0.5) is 0 Å². The highest BCUT2D eigenvalue weighted by Gasteiger charge is 2.20. The molecule has 72 valence electrons. The fourth-order valence-corrected chi connectivity index (χ4v) is 2.89. The Morgan fingerprint density at radius 3 is 2.42 bits per heavy atom. The molecule has 0 rings (SSSR count). The minimum absolute atomic E-state index is 0.187. The quantitative estimate of drug-likeness (QED) is 0.639. The molecule has 0 aliphatic heterocycles. The van der Waals surface area contributed by atoms with Gasteiger partial charge in [0, 0.05) is 20.1 Å². The van der Waals surface area contributed by atoms with Crippen molar-refractivity contribution in [1.29, 1.82) is 0 Å². The monoisotopic (exact) mass is 189 g/mol. The van der Waals surface area contributed by atoms with Crippen LogP contribution in [-0.2, 0) is 9.53 Å². The molecule has 0 heterocycles. The van der Waals surface area contributed by atoms with Crippen molar-refractivity contribution in [2.24, 2.45) is 5.73 Å². The van der Waals surface area contributed by atoms with Gasteiger partial charge in [-0.1, -0.05) is 13.1 Å². The van der Waals surface area contributed by atoms with E-state index in [0.29, 0.717) is 6.42 Å². The highest BCUT2D eigenvalue weighted by molar-refractivity contribution is 6.77. The average Bonchev–Trinajstić information content (AvgIpc) is 1.98. The number of nitrogens with two attached hydrogens (primary N) is 1. The number of rotatable bonds is 6. The second-order valence-corrected chi connectivity index (χ2v) is 9.20. The Bertz CT molecular complexity index is 148. The lowest BCUT2D eigenvalue weighted by Crippen LogP contribution is -2.28. The second-order valence-electron chi connectivity index (χ2n) is 3.87. The molecule has 0 aromatic heterocycles. The van der Waals surface area contributed by atoms with Gasteiger partial charge in [-0.2, -0.15) is 0 Å². The van der Waals surface area contributed by atoms with Crippen LogP contribution in [0.15, 0.2) is 0 Å². The number of carbonyl (C=O) groups is 1. The summed E-state index contributed by atoms with van der Waals surface area (Å²) in [6.45, 7) is 5.32. The van der Waals surface area contributed by atoms with Gasteiger partial charge in [0.2, 0.25) is 5.91 Å². The molecule has 0 aliphatic carbocycles. The highest BCUT2D eigenvalue weighted by atomic mass is 28.3. The van der Waals surface area contributed by atoms with Gasteiger partial charge in [0.1, 0.15) is 0 Å². The van der Waals surface area contributed by atoms with Gasteiger partial charge >= 0.3 is 0 Å². The fourth-order valence-electron chi connectivity index (χ4n) is 0.965. The van der Waals surface area contributed by atoms with Crippen molar-refractivity contribution in [3.05, 3.63) is 0 Å². The van der Waals surface area contributed by atoms with Crippen LogP contribution in [0.25, 0.3) is 0 Å². The largest absolute Gasteiger partial charge is 0.385 e. The number of hydrogen-bond donors (Lipinski definition) is 1. The van der Waals surface area contributed by atoms with Crippen LogP contribution in [0.3, 0.4) is 0 Å². The van der Waals surface area contributed by atoms with Crippen molar-refractivity contribution >= 4 is 14.0 Å². The van der Waals surface area contributed by atoms with Crippen molar-refractivity contribution in [2.75, 3.05) is 13.7 Å². The third-order valence-corrected chi connectivity index (χ3v) is 5.19. The Morgan fingerprint density at radius 1 is 1.42 bits per heavy atom. The first-order valence-corrected chi connectivity index (χ1v) is 7.66. The van der Waals surface area contributed by atoms with Crippen LogP contribution >= 0.6 is 0 Å². The zero-order valence-electron chi connectivity index (χ0n) is 8.22. The van der Waals surface area contributed by atoms with E-state index in [2.05, 4.69) is 13.1 Å². The molecule has 0 aromatic carbocycles. The second kappa shape index (κ2) is 5.32. The summed E-state index contributed by atoms with van der Waals surface area (Å²) in [5.74, 6) is -0.187. The molecular formula is C8H19NO2Si. The van der Waals surface area contributed by atoms with Crippen LogP contribution in [0.5, 0.6) is 0 Å². The maximum absolute atomic E-state index is 10.5. The SMILES string of the molecule is COCC[Si](C)(C)CCC(N)=O. The molecule has 2 N–H and O–H groups in total. The molecule has 0 spiro atoms. The molecule has 3 nitrogen and oxygen atoms in total. The van der Waals surface area contributed by atoms with Gasteiger partial charge in [-0.3, -0.25) is 4.79 Å². The van der Waals surface area contributed by atoms with E-state index >= 15 is 0 Å². The van der Waals surface area contributed by atoms with Crippen LogP contribution in [0.1, 0.15) is 6.42 Å². The highest BCUT2D eigenvalue weighted by Crippen LogP contribution is 2.16. The molecule has 0 saturated heterocycles. The molecule has 4 heteroatoms. The number of carbonyl (C=O) groups excluding carboxylic acids is 1. The number of hydrogen-bond acceptors (Lipinski definition) is 2. The van der Waals surface area contributed by atoms with Gasteiger partial charge in [-0.25, -0.2) is 0 Å². The lowest BCUT2D eigenvalue weighted by atomic mass is 10.5. The Morgan fingerprint density at radius 2 is 2.00 bits per heavy atom. The van der Waals surface area contributed by atoms with Crippen molar-refractivity contribution in [2.45, 2.75) is 31.6 Å². The van der Waals surface area contributed by atoms with E-state index < -0.39 is 8.07 Å². The van der Waals surface area contributed by atoms with Crippen molar-refractivity contribution in [1.82, 2.24) is 0 Å². The summed E-state index contributed by atoms with van der Waals surface area (Å²) in [5.41, 5.74) is 5.08. The summed E-state index contributed by atoms with van der Waals surface area (Å²) in [5, 5.41) is 0. The van der Waals surface area contributed by atoms with Crippen LogP contribution in [0, 0.1) is 0 Å². The zero-order valence-corrected chi connectivity index (χ0v) is 9.22. The smallest absolute Gasteiger partial charge is 0.217 e. The molecule has 0 saturated carbocycles. The first-order chi connectivity index (χ1) is 5.48. The lowest BCUT2D eigenvalue weighted by molar-refractivity contribution is -0.117. The van der Waals surface area contributed by atoms with Crippen LogP contribution < -0.4 is 5.73 Å². The summed E-state index contributed by atoms with van der Waals surface area (Å²) in [6, 6.07) is 2.09. The lowest BCUT2D eigenvalue weighted by Gasteiger charge is -2.20. The van der Waals surface area contributed by atoms with E-state index in [-0.39, 0.29) is 5.91 Å². The number of methoxy groups -OCH3 is 1. The number of primary amides is 1. The van der Waals surface area contributed by atoms with Crippen molar-refractivity contribution < 1.29 is 9.53 Å². The minimum atomic E-state index is -1.21. The molecular weight excluding hydrogens is 170 g/mol. The van der Waals surface area contributed by atoms with E-state index in [9.17, 15) is 4.79 Å². The Kier molecular flexibility index (Phi) is 5.16. The summed E-state index contributed by atoms with van der Waals surface area (Å²) in [7, 11) is 0.494. The Hall–Kier alpha value is -0.353. The van der Waals surface area contributed by atoms with Crippen molar-refractivity contribution in [3.8, 4) is 0 Å². The molecule has 0 aliphatic rings. The number of ether oxygens (including phenoxy) is 1. The maximum atomic E-state index is 10.5. The molecule has 0 radical (unpaired) electrons. The van der Waals surface area contributed by atoms with Gasteiger partial charge in [-0.05, 0) is 12.1 Å².